The summed E-state index contributed by atoms with van der Waals surface area (Å²) < 4.78 is 28.3. The highest BCUT2D eigenvalue weighted by atomic mass is 32.2. The lowest BCUT2D eigenvalue weighted by Crippen LogP contribution is -2.04. The first-order chi connectivity index (χ1) is 7.90. The topological polar surface area (TPSA) is 72.8 Å². The van der Waals surface area contributed by atoms with Gasteiger partial charge in [0.15, 0.2) is 9.84 Å². The van der Waals surface area contributed by atoms with E-state index in [4.69, 9.17) is 4.74 Å². The van der Waals surface area contributed by atoms with E-state index < -0.39 is 9.84 Å². The maximum Gasteiger partial charge on any atom is 0.235 e. The number of isocyanates is 1. The van der Waals surface area contributed by atoms with Crippen molar-refractivity contribution in [3.05, 3.63) is 23.3 Å². The van der Waals surface area contributed by atoms with Gasteiger partial charge in [0.2, 0.25) is 6.08 Å². The summed E-state index contributed by atoms with van der Waals surface area (Å²) in [5.74, 6) is 0.563. The normalized spacial score (nSPS) is 10.8. The molecule has 0 fully saturated rings. The zero-order chi connectivity index (χ0) is 13.1. The van der Waals surface area contributed by atoms with Crippen LogP contribution in [0.3, 0.4) is 0 Å². The summed E-state index contributed by atoms with van der Waals surface area (Å²) >= 11 is 0. The van der Waals surface area contributed by atoms with Gasteiger partial charge in [-0.1, -0.05) is 0 Å². The lowest BCUT2D eigenvalue weighted by Gasteiger charge is -2.10. The minimum Gasteiger partial charge on any atom is -0.496 e. The van der Waals surface area contributed by atoms with Crippen LogP contribution in [0.1, 0.15) is 11.1 Å². The first-order valence-corrected chi connectivity index (χ1v) is 6.70. The molecule has 0 aliphatic heterocycles. The Hall–Kier alpha value is -1.65. The van der Waals surface area contributed by atoms with Gasteiger partial charge in [0.05, 0.1) is 18.6 Å². The second kappa shape index (κ2) is 5.12. The predicted molar refractivity (Wildman–Crippen MR) is 62.7 cm³/mol. The molecule has 1 aromatic rings. The molecule has 0 aromatic heterocycles. The van der Waals surface area contributed by atoms with Crippen LogP contribution >= 0.6 is 0 Å². The lowest BCUT2D eigenvalue weighted by molar-refractivity contribution is 0.410. The molecule has 0 aliphatic rings. The summed E-state index contributed by atoms with van der Waals surface area (Å²) in [5.41, 5.74) is 1.14. The van der Waals surface area contributed by atoms with Gasteiger partial charge in [0.25, 0.3) is 0 Å². The SMILES string of the molecule is COc1cc(CN=C=O)c(S(C)(=O)=O)cc1C. The predicted octanol–water partition coefficient (Wildman–Crippen LogP) is 1.24. The van der Waals surface area contributed by atoms with Crippen LogP contribution in [0, 0.1) is 6.92 Å². The molecule has 0 N–H and O–H groups in total. The maximum atomic E-state index is 11.6. The van der Waals surface area contributed by atoms with Crippen molar-refractivity contribution >= 4 is 15.9 Å². The van der Waals surface area contributed by atoms with Gasteiger partial charge in [-0.3, -0.25) is 0 Å². The van der Waals surface area contributed by atoms with Crippen LogP contribution in [0.4, 0.5) is 0 Å². The van der Waals surface area contributed by atoms with E-state index in [1.807, 2.05) is 0 Å². The molecule has 0 radical (unpaired) electrons. The van der Waals surface area contributed by atoms with Gasteiger partial charge in [-0.25, -0.2) is 18.2 Å². The molecule has 0 saturated heterocycles. The van der Waals surface area contributed by atoms with Crippen molar-refractivity contribution in [3.63, 3.8) is 0 Å². The summed E-state index contributed by atoms with van der Waals surface area (Å²) in [6.07, 6.45) is 2.50. The highest BCUT2D eigenvalue weighted by Gasteiger charge is 2.15. The second-order valence-electron chi connectivity index (χ2n) is 3.61. The standard InChI is InChI=1S/C11H13NO4S/c1-8-4-11(17(3,14)15)9(6-12-7-13)5-10(8)16-2/h4-5H,6H2,1-3H3. The molecule has 0 saturated carbocycles. The van der Waals surface area contributed by atoms with E-state index >= 15 is 0 Å². The fraction of sp³-hybridized carbons (Fsp3) is 0.364. The van der Waals surface area contributed by atoms with E-state index in [1.54, 1.807) is 13.0 Å². The van der Waals surface area contributed by atoms with Crippen molar-refractivity contribution in [2.24, 2.45) is 4.99 Å². The zero-order valence-electron chi connectivity index (χ0n) is 9.85. The Morgan fingerprint density at radius 3 is 2.53 bits per heavy atom. The van der Waals surface area contributed by atoms with E-state index in [2.05, 4.69) is 4.99 Å². The quantitative estimate of drug-likeness (QED) is 0.599. The fourth-order valence-electron chi connectivity index (χ4n) is 1.51. The molecule has 6 heteroatoms. The molecule has 0 heterocycles. The molecular formula is C11H13NO4S. The molecule has 0 bridgehead atoms. The van der Waals surface area contributed by atoms with Crippen LogP contribution in [0.5, 0.6) is 5.75 Å². The van der Waals surface area contributed by atoms with Gasteiger partial charge in [-0.15, -0.1) is 0 Å². The van der Waals surface area contributed by atoms with Gasteiger partial charge in [0.1, 0.15) is 5.75 Å². The Morgan fingerprint density at radius 1 is 1.41 bits per heavy atom. The van der Waals surface area contributed by atoms with Crippen LogP contribution in [0.2, 0.25) is 0 Å². The van der Waals surface area contributed by atoms with Crippen molar-refractivity contribution in [2.75, 3.05) is 13.4 Å². The minimum atomic E-state index is -3.36. The van der Waals surface area contributed by atoms with Gasteiger partial charge < -0.3 is 4.74 Å². The van der Waals surface area contributed by atoms with Gasteiger partial charge in [-0.05, 0) is 30.2 Å². The molecule has 92 valence electrons. The molecule has 1 rings (SSSR count). The Balaban J connectivity index is 3.46. The third-order valence-corrected chi connectivity index (χ3v) is 3.47. The first kappa shape index (κ1) is 13.4. The number of sulfone groups is 1. The van der Waals surface area contributed by atoms with Crippen molar-refractivity contribution in [3.8, 4) is 5.75 Å². The Kier molecular flexibility index (Phi) is 4.04. The molecule has 5 nitrogen and oxygen atoms in total. The van der Waals surface area contributed by atoms with Crippen LogP contribution in [-0.2, 0) is 21.2 Å². The third-order valence-electron chi connectivity index (χ3n) is 2.29. The van der Waals surface area contributed by atoms with Crippen LogP contribution in [0.15, 0.2) is 22.0 Å². The summed E-state index contributed by atoms with van der Waals surface area (Å²) in [4.78, 5) is 13.6. The maximum absolute atomic E-state index is 11.6. The molecule has 0 atom stereocenters. The number of carbonyl (C=O) groups excluding carboxylic acids is 1. The highest BCUT2D eigenvalue weighted by molar-refractivity contribution is 7.90. The number of hydrogen-bond donors (Lipinski definition) is 0. The number of aryl methyl sites for hydroxylation is 1. The minimum absolute atomic E-state index is 0.0253. The number of hydrogen-bond acceptors (Lipinski definition) is 5. The second-order valence-corrected chi connectivity index (χ2v) is 5.59. The molecule has 0 unspecified atom stereocenters. The molecule has 0 spiro atoms. The monoisotopic (exact) mass is 255 g/mol. The number of nitrogens with zero attached hydrogens (tertiary/aromatic N) is 1. The molecule has 0 amide bonds. The van der Waals surface area contributed by atoms with Crippen LogP contribution in [-0.4, -0.2) is 27.9 Å². The van der Waals surface area contributed by atoms with Crippen molar-refractivity contribution in [1.29, 1.82) is 0 Å². The summed E-state index contributed by atoms with van der Waals surface area (Å²) in [6, 6.07) is 3.09. The first-order valence-electron chi connectivity index (χ1n) is 4.81. The molecule has 1 aromatic carbocycles. The number of methoxy groups -OCH3 is 1. The van der Waals surface area contributed by atoms with Gasteiger partial charge >= 0.3 is 0 Å². The molecular weight excluding hydrogens is 242 g/mol. The molecule has 0 aliphatic carbocycles. The van der Waals surface area contributed by atoms with E-state index in [1.165, 1.54) is 19.3 Å². The third kappa shape index (κ3) is 3.15. The average molecular weight is 255 g/mol. The molecule has 17 heavy (non-hydrogen) atoms. The zero-order valence-corrected chi connectivity index (χ0v) is 10.7. The van der Waals surface area contributed by atoms with Crippen molar-refractivity contribution in [1.82, 2.24) is 0 Å². The van der Waals surface area contributed by atoms with E-state index in [-0.39, 0.29) is 11.4 Å². The average Bonchev–Trinajstić information content (AvgIpc) is 2.25. The van der Waals surface area contributed by atoms with Gasteiger partial charge in [0, 0.05) is 6.26 Å². The lowest BCUT2D eigenvalue weighted by atomic mass is 10.1. The van der Waals surface area contributed by atoms with Crippen molar-refractivity contribution < 1.29 is 17.9 Å². The number of aliphatic imine (C=N–C) groups is 1. The number of ether oxygens (including phenoxy) is 1. The highest BCUT2D eigenvalue weighted by Crippen LogP contribution is 2.26. The van der Waals surface area contributed by atoms with E-state index in [0.29, 0.717) is 16.9 Å². The Morgan fingerprint density at radius 2 is 2.06 bits per heavy atom. The Bertz CT molecular complexity index is 571. The van der Waals surface area contributed by atoms with Crippen LogP contribution in [0.25, 0.3) is 0 Å². The Labute approximate surface area is 100 Å². The van der Waals surface area contributed by atoms with E-state index in [0.717, 1.165) is 6.26 Å². The summed E-state index contributed by atoms with van der Waals surface area (Å²) in [6.45, 7) is 1.73. The van der Waals surface area contributed by atoms with Gasteiger partial charge in [-0.2, -0.15) is 0 Å². The van der Waals surface area contributed by atoms with Crippen LogP contribution < -0.4 is 4.74 Å². The fourth-order valence-corrected chi connectivity index (χ4v) is 2.50. The smallest absolute Gasteiger partial charge is 0.235 e. The van der Waals surface area contributed by atoms with E-state index in [9.17, 15) is 13.2 Å². The number of rotatable bonds is 4. The summed E-state index contributed by atoms with van der Waals surface area (Å²) in [7, 11) is -1.86. The van der Waals surface area contributed by atoms with Crippen molar-refractivity contribution in [2.45, 2.75) is 18.4 Å². The summed E-state index contributed by atoms with van der Waals surface area (Å²) in [5, 5.41) is 0. The largest absolute Gasteiger partial charge is 0.496 e. The number of benzene rings is 1.